The van der Waals surface area contributed by atoms with Crippen LogP contribution in [0.25, 0.3) is 0 Å². The Kier molecular flexibility index (Phi) is 7.21. The summed E-state index contributed by atoms with van der Waals surface area (Å²) in [4.78, 5) is 20.9. The number of rotatable bonds is 9. The molecule has 9 heteroatoms. The zero-order valence-electron chi connectivity index (χ0n) is 18.1. The van der Waals surface area contributed by atoms with Gasteiger partial charge in [0.15, 0.2) is 5.60 Å². The molecule has 8 nitrogen and oxygen atoms in total. The minimum Gasteiger partial charge on any atom is -0.479 e. The maximum atomic E-state index is 14.3. The van der Waals surface area contributed by atoms with Crippen molar-refractivity contribution >= 4 is 5.97 Å². The first-order valence-electron chi connectivity index (χ1n) is 9.58. The average Bonchev–Trinajstić information content (AvgIpc) is 2.85. The van der Waals surface area contributed by atoms with Crippen molar-refractivity contribution in [3.8, 4) is 17.8 Å². The van der Waals surface area contributed by atoms with Gasteiger partial charge in [-0.15, -0.1) is 0 Å². The van der Waals surface area contributed by atoms with Crippen LogP contribution in [0.15, 0.2) is 60.7 Å². The van der Waals surface area contributed by atoms with Crippen LogP contribution in [0.1, 0.15) is 11.1 Å². The molecule has 0 aliphatic heterocycles. The smallest absolute Gasteiger partial charge is 0.351 e. The number of nitrogens with zero attached hydrogens (tertiary/aromatic N) is 2. The average molecular weight is 442 g/mol. The van der Waals surface area contributed by atoms with Crippen LogP contribution in [-0.4, -0.2) is 50.5 Å². The molecule has 3 aromatic rings. The highest BCUT2D eigenvalue weighted by atomic mass is 19.1. The van der Waals surface area contributed by atoms with Crippen LogP contribution in [0.3, 0.4) is 0 Å². The zero-order chi connectivity index (χ0) is 23.1. The van der Waals surface area contributed by atoms with Gasteiger partial charge in [0.25, 0.3) is 11.8 Å². The first-order valence-corrected chi connectivity index (χ1v) is 9.58. The van der Waals surface area contributed by atoms with Crippen molar-refractivity contribution < 1.29 is 32.9 Å². The fourth-order valence-corrected chi connectivity index (χ4v) is 3.40. The van der Waals surface area contributed by atoms with Gasteiger partial charge in [0.1, 0.15) is 0 Å². The molecular formula is C23H23FN2O6. The molecule has 0 saturated carbocycles. The van der Waals surface area contributed by atoms with Gasteiger partial charge in [-0.2, -0.15) is 14.4 Å². The van der Waals surface area contributed by atoms with Crippen molar-refractivity contribution in [2.24, 2.45) is 0 Å². The Morgan fingerprint density at radius 1 is 0.844 bits per heavy atom. The molecule has 1 heterocycles. The predicted molar refractivity (Wildman–Crippen MR) is 112 cm³/mol. The van der Waals surface area contributed by atoms with Gasteiger partial charge in [0.05, 0.1) is 21.3 Å². The first-order chi connectivity index (χ1) is 15.5. The monoisotopic (exact) mass is 442 g/mol. The highest BCUT2D eigenvalue weighted by Gasteiger charge is 2.50. The number of ether oxygens (including phenoxy) is 5. The van der Waals surface area contributed by atoms with Crippen molar-refractivity contribution in [2.75, 3.05) is 28.4 Å². The summed E-state index contributed by atoms with van der Waals surface area (Å²) in [5.41, 5.74) is -0.219. The number of hydrogen-bond donors (Lipinski definition) is 0. The molecule has 32 heavy (non-hydrogen) atoms. The first kappa shape index (κ1) is 23.0. The van der Waals surface area contributed by atoms with Crippen LogP contribution in [0.4, 0.5) is 4.39 Å². The molecule has 0 amide bonds. The maximum absolute atomic E-state index is 14.3. The third-order valence-electron chi connectivity index (χ3n) is 4.89. The molecule has 0 saturated heterocycles. The minimum absolute atomic E-state index is 0.358. The molecule has 0 aliphatic carbocycles. The van der Waals surface area contributed by atoms with Crippen molar-refractivity contribution in [3.63, 3.8) is 0 Å². The summed E-state index contributed by atoms with van der Waals surface area (Å²) < 4.78 is 41.1. The van der Waals surface area contributed by atoms with Gasteiger partial charge in [-0.05, 0) is 11.1 Å². The van der Waals surface area contributed by atoms with E-state index in [1.807, 2.05) is 12.1 Å². The summed E-state index contributed by atoms with van der Waals surface area (Å²) in [5.74, 6) is -2.47. The topological polar surface area (TPSA) is 89.0 Å². The normalized spacial score (nSPS) is 12.0. The van der Waals surface area contributed by atoms with Crippen LogP contribution in [0, 0.1) is 5.82 Å². The Hall–Kier alpha value is -3.72. The summed E-state index contributed by atoms with van der Waals surface area (Å²) in [7, 11) is 5.15. The van der Waals surface area contributed by atoms with Gasteiger partial charge >= 0.3 is 12.0 Å². The van der Waals surface area contributed by atoms with E-state index in [-0.39, 0.29) is 6.01 Å². The second-order valence-corrected chi connectivity index (χ2v) is 6.53. The Balaban J connectivity index is 2.22. The van der Waals surface area contributed by atoms with Gasteiger partial charge in [0, 0.05) is 7.11 Å². The zero-order valence-corrected chi connectivity index (χ0v) is 18.1. The SMILES string of the molecule is COC(=O)C(Oc1nc(OC)c(F)c(OC)n1)C(OC)(c1ccccc1)c1ccccc1. The standard InChI is InChI=1S/C23H23FN2O6/c1-28-19-17(24)20(29-2)26-22(25-19)32-18(21(27)30-3)23(31-4,15-11-7-5-8-12-15)16-13-9-6-10-14-16/h5-14,18H,1-4H3. The third kappa shape index (κ3) is 4.19. The van der Waals surface area contributed by atoms with E-state index in [0.717, 1.165) is 0 Å². The number of methoxy groups -OCH3 is 4. The lowest BCUT2D eigenvalue weighted by Crippen LogP contribution is -2.51. The van der Waals surface area contributed by atoms with Crippen molar-refractivity contribution in [3.05, 3.63) is 77.6 Å². The lowest BCUT2D eigenvalue weighted by atomic mass is 9.81. The van der Waals surface area contributed by atoms with E-state index in [2.05, 4.69) is 9.97 Å². The minimum atomic E-state index is -1.45. The van der Waals surface area contributed by atoms with Crippen LogP contribution < -0.4 is 14.2 Å². The van der Waals surface area contributed by atoms with E-state index in [1.165, 1.54) is 28.4 Å². The van der Waals surface area contributed by atoms with E-state index in [0.29, 0.717) is 11.1 Å². The molecule has 0 aliphatic rings. The highest BCUT2D eigenvalue weighted by molar-refractivity contribution is 5.78. The Morgan fingerprint density at radius 3 is 1.69 bits per heavy atom. The molecule has 0 N–H and O–H groups in total. The van der Waals surface area contributed by atoms with Crippen LogP contribution >= 0.6 is 0 Å². The van der Waals surface area contributed by atoms with Gasteiger partial charge < -0.3 is 23.7 Å². The number of benzene rings is 2. The molecule has 1 unspecified atom stereocenters. The highest BCUT2D eigenvalue weighted by Crippen LogP contribution is 2.39. The largest absolute Gasteiger partial charge is 0.479 e. The number of carbonyl (C=O) groups is 1. The summed E-state index contributed by atoms with van der Waals surface area (Å²) in [6.45, 7) is 0. The Labute approximate surface area is 184 Å². The fourth-order valence-electron chi connectivity index (χ4n) is 3.40. The van der Waals surface area contributed by atoms with Crippen LogP contribution in [0.2, 0.25) is 0 Å². The lowest BCUT2D eigenvalue weighted by molar-refractivity contribution is -0.164. The van der Waals surface area contributed by atoms with Gasteiger partial charge in [-0.25, -0.2) is 4.79 Å². The molecule has 0 bridgehead atoms. The van der Waals surface area contributed by atoms with Crippen molar-refractivity contribution in [2.45, 2.75) is 11.7 Å². The van der Waals surface area contributed by atoms with Crippen LogP contribution in [0.5, 0.6) is 17.8 Å². The number of aromatic nitrogens is 2. The number of carbonyl (C=O) groups excluding carboxylic acids is 1. The molecule has 0 fully saturated rings. The van der Waals surface area contributed by atoms with Crippen molar-refractivity contribution in [1.82, 2.24) is 9.97 Å². The van der Waals surface area contributed by atoms with Gasteiger partial charge in [-0.1, -0.05) is 60.7 Å². The summed E-state index contributed by atoms with van der Waals surface area (Å²) in [6, 6.07) is 17.7. The Bertz CT molecular complexity index is 984. The molecular weight excluding hydrogens is 419 g/mol. The number of halogens is 1. The van der Waals surface area contributed by atoms with E-state index in [9.17, 15) is 9.18 Å². The molecule has 0 radical (unpaired) electrons. The lowest BCUT2D eigenvalue weighted by Gasteiger charge is -2.38. The van der Waals surface area contributed by atoms with Crippen LogP contribution in [-0.2, 0) is 19.9 Å². The van der Waals surface area contributed by atoms with E-state index >= 15 is 0 Å². The van der Waals surface area contributed by atoms with Crippen molar-refractivity contribution in [1.29, 1.82) is 0 Å². The molecule has 168 valence electrons. The molecule has 1 atom stereocenters. The van der Waals surface area contributed by atoms with E-state index in [4.69, 9.17) is 23.7 Å². The maximum Gasteiger partial charge on any atom is 0.351 e. The summed E-state index contributed by atoms with van der Waals surface area (Å²) >= 11 is 0. The Morgan fingerprint density at radius 2 is 1.31 bits per heavy atom. The summed E-state index contributed by atoms with van der Waals surface area (Å²) in [5, 5.41) is 0. The molecule has 0 spiro atoms. The fraction of sp³-hybridized carbons (Fsp3) is 0.261. The van der Waals surface area contributed by atoms with Gasteiger partial charge in [-0.3, -0.25) is 0 Å². The summed E-state index contributed by atoms with van der Waals surface area (Å²) in [6.07, 6.45) is -1.41. The predicted octanol–water partition coefficient (Wildman–Crippen LogP) is 3.14. The van der Waals surface area contributed by atoms with E-state index < -0.39 is 35.3 Å². The number of esters is 1. The molecule has 2 aromatic carbocycles. The number of hydrogen-bond acceptors (Lipinski definition) is 8. The second-order valence-electron chi connectivity index (χ2n) is 6.53. The third-order valence-corrected chi connectivity index (χ3v) is 4.89. The quantitative estimate of drug-likeness (QED) is 0.467. The molecule has 1 aromatic heterocycles. The van der Waals surface area contributed by atoms with E-state index in [1.54, 1.807) is 48.5 Å². The second kappa shape index (κ2) is 10.1. The molecule has 3 rings (SSSR count). The van der Waals surface area contributed by atoms with Gasteiger partial charge in [0.2, 0.25) is 11.9 Å².